The normalized spacial score (nSPS) is 12.4. The highest BCUT2D eigenvalue weighted by Gasteiger charge is 2.19. The quantitative estimate of drug-likeness (QED) is 0.607. The third kappa shape index (κ3) is 4.95. The minimum Gasteiger partial charge on any atom is -0.480 e. The fraction of sp³-hybridized carbons (Fsp3) is 0.292. The van der Waals surface area contributed by atoms with E-state index < -0.39 is 17.9 Å². The Morgan fingerprint density at radius 1 is 1.03 bits per heavy atom. The Hall–Kier alpha value is -3.41. The number of ether oxygens (including phenoxy) is 1. The number of carboxylic acids is 1. The van der Waals surface area contributed by atoms with Gasteiger partial charge in [0.05, 0.1) is 0 Å². The maximum Gasteiger partial charge on any atom is 0.326 e. The number of aliphatic carboxylic acids is 1. The molecular formula is C24H26N2O4. The number of carbonyl (C=O) groups excluding carboxylic acids is 1. The number of aromatic nitrogens is 1. The SMILES string of the molecule is CCC(NC(=O)c1cc2cc(Oc3ccc(C(C)(C)C)cc3)ccc2cn1)C(=O)O. The first-order chi connectivity index (χ1) is 14.2. The standard InChI is InChI=1S/C24H26N2O4/c1-5-20(23(28)29)26-22(27)21-13-16-12-19(9-6-15(16)14-25-21)30-18-10-7-17(8-11-18)24(2,3)4/h6-14,20H,5H2,1-4H3,(H,26,27)(H,28,29). The largest absolute Gasteiger partial charge is 0.480 e. The Balaban J connectivity index is 1.81. The van der Waals surface area contributed by atoms with Crippen LogP contribution >= 0.6 is 0 Å². The summed E-state index contributed by atoms with van der Waals surface area (Å²) in [5.74, 6) is -0.225. The molecule has 0 aliphatic carbocycles. The van der Waals surface area contributed by atoms with Crippen LogP contribution in [-0.2, 0) is 10.2 Å². The van der Waals surface area contributed by atoms with Crippen LogP contribution in [0, 0.1) is 0 Å². The highest BCUT2D eigenvalue weighted by molar-refractivity contribution is 5.98. The van der Waals surface area contributed by atoms with Crippen molar-refractivity contribution in [3.8, 4) is 11.5 Å². The van der Waals surface area contributed by atoms with Gasteiger partial charge in [-0.05, 0) is 59.2 Å². The van der Waals surface area contributed by atoms with Crippen molar-refractivity contribution in [3.05, 3.63) is 66.0 Å². The fourth-order valence-electron chi connectivity index (χ4n) is 3.04. The van der Waals surface area contributed by atoms with Crippen LogP contribution in [0.15, 0.2) is 54.7 Å². The summed E-state index contributed by atoms with van der Waals surface area (Å²) in [6.07, 6.45) is 1.88. The minimum atomic E-state index is -1.07. The molecule has 0 fully saturated rings. The topological polar surface area (TPSA) is 88.5 Å². The lowest BCUT2D eigenvalue weighted by Gasteiger charge is -2.19. The molecule has 1 aromatic heterocycles. The number of carboxylic acid groups (broad SMARTS) is 1. The molecule has 3 rings (SSSR count). The van der Waals surface area contributed by atoms with Gasteiger partial charge in [-0.3, -0.25) is 9.78 Å². The van der Waals surface area contributed by atoms with Gasteiger partial charge in [-0.25, -0.2) is 4.79 Å². The molecule has 3 aromatic rings. The van der Waals surface area contributed by atoms with E-state index in [1.165, 1.54) is 5.56 Å². The van der Waals surface area contributed by atoms with Crippen molar-refractivity contribution in [2.24, 2.45) is 0 Å². The van der Waals surface area contributed by atoms with E-state index in [-0.39, 0.29) is 11.1 Å². The number of pyridine rings is 1. The number of carbonyl (C=O) groups is 2. The van der Waals surface area contributed by atoms with Crippen LogP contribution in [0.5, 0.6) is 11.5 Å². The summed E-state index contributed by atoms with van der Waals surface area (Å²) in [5.41, 5.74) is 1.46. The first-order valence-electron chi connectivity index (χ1n) is 9.89. The summed E-state index contributed by atoms with van der Waals surface area (Å²) in [4.78, 5) is 27.7. The van der Waals surface area contributed by atoms with Crippen molar-refractivity contribution in [2.45, 2.75) is 45.6 Å². The summed E-state index contributed by atoms with van der Waals surface area (Å²) in [5, 5.41) is 13.2. The molecule has 0 aliphatic heterocycles. The third-order valence-corrected chi connectivity index (χ3v) is 4.89. The van der Waals surface area contributed by atoms with Crippen LogP contribution in [0.4, 0.5) is 0 Å². The molecule has 1 amide bonds. The smallest absolute Gasteiger partial charge is 0.326 e. The summed E-state index contributed by atoms with van der Waals surface area (Å²) < 4.78 is 5.97. The molecule has 0 radical (unpaired) electrons. The van der Waals surface area contributed by atoms with Crippen molar-refractivity contribution in [1.29, 1.82) is 0 Å². The van der Waals surface area contributed by atoms with Crippen LogP contribution in [-0.4, -0.2) is 28.0 Å². The Bertz CT molecular complexity index is 1070. The lowest BCUT2D eigenvalue weighted by atomic mass is 9.87. The number of nitrogens with zero attached hydrogens (tertiary/aromatic N) is 1. The van der Waals surface area contributed by atoms with Gasteiger partial charge in [-0.1, -0.05) is 39.8 Å². The number of rotatable bonds is 6. The van der Waals surface area contributed by atoms with E-state index in [4.69, 9.17) is 9.84 Å². The number of amides is 1. The van der Waals surface area contributed by atoms with E-state index in [1.54, 1.807) is 19.2 Å². The van der Waals surface area contributed by atoms with Gasteiger partial charge in [0.15, 0.2) is 0 Å². The molecular weight excluding hydrogens is 380 g/mol. The number of hydrogen-bond acceptors (Lipinski definition) is 4. The Kier molecular flexibility index (Phi) is 6.06. The summed E-state index contributed by atoms with van der Waals surface area (Å²) >= 11 is 0. The van der Waals surface area contributed by atoms with E-state index in [2.05, 4.69) is 43.2 Å². The number of fused-ring (bicyclic) bond motifs is 1. The average Bonchev–Trinajstić information content (AvgIpc) is 2.70. The van der Waals surface area contributed by atoms with Gasteiger partial charge < -0.3 is 15.2 Å². The van der Waals surface area contributed by atoms with Gasteiger partial charge in [0, 0.05) is 11.6 Å². The molecule has 1 atom stereocenters. The zero-order chi connectivity index (χ0) is 21.9. The van der Waals surface area contributed by atoms with Crippen molar-refractivity contribution >= 4 is 22.6 Å². The lowest BCUT2D eigenvalue weighted by molar-refractivity contribution is -0.139. The molecule has 6 heteroatoms. The molecule has 6 nitrogen and oxygen atoms in total. The molecule has 0 bridgehead atoms. The zero-order valence-corrected chi connectivity index (χ0v) is 17.6. The van der Waals surface area contributed by atoms with E-state index >= 15 is 0 Å². The van der Waals surface area contributed by atoms with Crippen molar-refractivity contribution in [3.63, 3.8) is 0 Å². The molecule has 0 spiro atoms. The summed E-state index contributed by atoms with van der Waals surface area (Å²) in [6.45, 7) is 8.18. The van der Waals surface area contributed by atoms with Crippen molar-refractivity contribution in [2.75, 3.05) is 0 Å². The molecule has 1 unspecified atom stereocenters. The first-order valence-corrected chi connectivity index (χ1v) is 9.89. The predicted molar refractivity (Wildman–Crippen MR) is 116 cm³/mol. The van der Waals surface area contributed by atoms with Gasteiger partial charge in [-0.15, -0.1) is 0 Å². The molecule has 156 valence electrons. The van der Waals surface area contributed by atoms with E-state index in [0.29, 0.717) is 12.2 Å². The maximum absolute atomic E-state index is 12.4. The van der Waals surface area contributed by atoms with Gasteiger partial charge in [-0.2, -0.15) is 0 Å². The second kappa shape index (κ2) is 8.53. The Morgan fingerprint density at radius 2 is 1.70 bits per heavy atom. The van der Waals surface area contributed by atoms with Gasteiger partial charge in [0.1, 0.15) is 23.2 Å². The number of benzene rings is 2. The maximum atomic E-state index is 12.4. The molecule has 0 saturated carbocycles. The van der Waals surface area contributed by atoms with Crippen LogP contribution in [0.25, 0.3) is 10.8 Å². The van der Waals surface area contributed by atoms with E-state index in [0.717, 1.165) is 16.5 Å². The van der Waals surface area contributed by atoms with Gasteiger partial charge >= 0.3 is 5.97 Å². The third-order valence-electron chi connectivity index (χ3n) is 4.89. The fourth-order valence-corrected chi connectivity index (χ4v) is 3.04. The monoisotopic (exact) mass is 406 g/mol. The molecule has 2 aromatic carbocycles. The molecule has 0 saturated heterocycles. The molecule has 1 heterocycles. The van der Waals surface area contributed by atoms with E-state index in [1.807, 2.05) is 30.3 Å². The van der Waals surface area contributed by atoms with Gasteiger partial charge in [0.25, 0.3) is 5.91 Å². The second-order valence-electron chi connectivity index (χ2n) is 8.23. The lowest BCUT2D eigenvalue weighted by Crippen LogP contribution is -2.40. The molecule has 30 heavy (non-hydrogen) atoms. The second-order valence-corrected chi connectivity index (χ2v) is 8.23. The number of nitrogens with one attached hydrogen (secondary N) is 1. The van der Waals surface area contributed by atoms with Crippen molar-refractivity contribution in [1.82, 2.24) is 10.3 Å². The zero-order valence-electron chi connectivity index (χ0n) is 17.6. The Labute approximate surface area is 175 Å². The van der Waals surface area contributed by atoms with Crippen LogP contribution in [0.2, 0.25) is 0 Å². The highest BCUT2D eigenvalue weighted by atomic mass is 16.5. The van der Waals surface area contributed by atoms with Crippen LogP contribution in [0.3, 0.4) is 0 Å². The molecule has 0 aliphatic rings. The van der Waals surface area contributed by atoms with E-state index in [9.17, 15) is 9.59 Å². The summed E-state index contributed by atoms with van der Waals surface area (Å²) in [6, 6.07) is 14.2. The molecule has 2 N–H and O–H groups in total. The van der Waals surface area contributed by atoms with Gasteiger partial charge in [0.2, 0.25) is 0 Å². The average molecular weight is 406 g/mol. The first kappa shape index (κ1) is 21.3. The Morgan fingerprint density at radius 3 is 2.30 bits per heavy atom. The summed E-state index contributed by atoms with van der Waals surface area (Å²) in [7, 11) is 0. The van der Waals surface area contributed by atoms with Crippen molar-refractivity contribution < 1.29 is 19.4 Å². The van der Waals surface area contributed by atoms with Crippen LogP contribution < -0.4 is 10.1 Å². The highest BCUT2D eigenvalue weighted by Crippen LogP contribution is 2.28. The minimum absolute atomic E-state index is 0.0723. The number of hydrogen-bond donors (Lipinski definition) is 2. The van der Waals surface area contributed by atoms with Crippen LogP contribution in [0.1, 0.15) is 50.2 Å². The predicted octanol–water partition coefficient (Wildman–Crippen LogP) is 4.92.